The van der Waals surface area contributed by atoms with Crippen molar-refractivity contribution < 1.29 is 9.18 Å². The van der Waals surface area contributed by atoms with Crippen LogP contribution in [0.2, 0.25) is 0 Å². The second-order valence-electron chi connectivity index (χ2n) is 6.68. The van der Waals surface area contributed by atoms with E-state index >= 15 is 0 Å². The average molecular weight is 352 g/mol. The van der Waals surface area contributed by atoms with E-state index in [9.17, 15) is 9.18 Å². The first-order chi connectivity index (χ1) is 12.6. The van der Waals surface area contributed by atoms with Crippen molar-refractivity contribution in [3.8, 4) is 11.4 Å². The molecular weight excluding hydrogens is 331 g/mol. The molecule has 1 aliphatic rings. The molecular formula is C20H21FN4O. The molecule has 2 heterocycles. The van der Waals surface area contributed by atoms with Gasteiger partial charge in [-0.2, -0.15) is 0 Å². The van der Waals surface area contributed by atoms with E-state index in [1.54, 1.807) is 30.3 Å². The summed E-state index contributed by atoms with van der Waals surface area (Å²) in [5, 5.41) is 0. The highest BCUT2D eigenvalue weighted by molar-refractivity contribution is 6.04. The van der Waals surface area contributed by atoms with Crippen molar-refractivity contribution in [1.82, 2.24) is 14.9 Å². The molecule has 0 aliphatic carbocycles. The van der Waals surface area contributed by atoms with Gasteiger partial charge in [-0.05, 0) is 55.8 Å². The Bertz CT molecular complexity index is 981. The first kappa shape index (κ1) is 16.7. The van der Waals surface area contributed by atoms with E-state index in [2.05, 4.69) is 21.8 Å². The Labute approximate surface area is 151 Å². The molecule has 1 aromatic heterocycles. The Balaban J connectivity index is 1.73. The number of H-pyrrole nitrogens is 1. The van der Waals surface area contributed by atoms with Gasteiger partial charge in [-0.3, -0.25) is 9.69 Å². The lowest BCUT2D eigenvalue weighted by Gasteiger charge is -2.23. The monoisotopic (exact) mass is 352 g/mol. The van der Waals surface area contributed by atoms with E-state index in [-0.39, 0.29) is 11.9 Å². The highest BCUT2D eigenvalue weighted by atomic mass is 19.1. The van der Waals surface area contributed by atoms with Crippen molar-refractivity contribution >= 4 is 16.9 Å². The Hall–Kier alpha value is -2.73. The number of nitrogens with two attached hydrogens (primary N) is 1. The van der Waals surface area contributed by atoms with Gasteiger partial charge < -0.3 is 10.7 Å². The molecule has 26 heavy (non-hydrogen) atoms. The normalized spacial score (nSPS) is 17.8. The number of aromatic amines is 1. The van der Waals surface area contributed by atoms with Crippen molar-refractivity contribution in [3.05, 3.63) is 53.3 Å². The van der Waals surface area contributed by atoms with Crippen LogP contribution in [0.3, 0.4) is 0 Å². The summed E-state index contributed by atoms with van der Waals surface area (Å²) in [4.78, 5) is 21.4. The van der Waals surface area contributed by atoms with Gasteiger partial charge in [0, 0.05) is 6.04 Å². The van der Waals surface area contributed by atoms with Gasteiger partial charge >= 0.3 is 0 Å². The Morgan fingerprint density at radius 1 is 1.38 bits per heavy atom. The van der Waals surface area contributed by atoms with Crippen molar-refractivity contribution in [2.75, 3.05) is 13.1 Å². The standard InChI is InChI=1S/C20H21FN4O/c1-2-25-10-4-7-17(25)12-8-9-13(15(21)11-12)20-23-16-6-3-5-14(19(22)26)18(16)24-20/h3,5-6,8-9,11,17H,2,4,7,10H2,1H3,(H2,22,26)(H,23,24). The van der Waals surface area contributed by atoms with Gasteiger partial charge in [0.25, 0.3) is 5.91 Å². The van der Waals surface area contributed by atoms with Crippen LogP contribution in [0, 0.1) is 5.82 Å². The van der Waals surface area contributed by atoms with Crippen molar-refractivity contribution in [2.24, 2.45) is 5.73 Å². The molecule has 0 bridgehead atoms. The van der Waals surface area contributed by atoms with E-state index in [4.69, 9.17) is 5.73 Å². The Kier molecular flexibility index (Phi) is 4.20. The Morgan fingerprint density at radius 3 is 2.96 bits per heavy atom. The number of aromatic nitrogens is 2. The van der Waals surface area contributed by atoms with Gasteiger partial charge in [-0.15, -0.1) is 0 Å². The number of nitrogens with zero attached hydrogens (tertiary/aromatic N) is 2. The fourth-order valence-electron chi connectivity index (χ4n) is 3.87. The van der Waals surface area contributed by atoms with Crippen molar-refractivity contribution in [2.45, 2.75) is 25.8 Å². The number of carbonyl (C=O) groups excluding carboxylic acids is 1. The Morgan fingerprint density at radius 2 is 2.23 bits per heavy atom. The number of primary amides is 1. The van der Waals surface area contributed by atoms with E-state index in [0.29, 0.717) is 28.0 Å². The summed E-state index contributed by atoms with van der Waals surface area (Å²) in [5.74, 6) is -0.466. The summed E-state index contributed by atoms with van der Waals surface area (Å²) < 4.78 is 14.8. The molecule has 4 rings (SSSR count). The fraction of sp³-hybridized carbons (Fsp3) is 0.300. The molecule has 3 N–H and O–H groups in total. The second-order valence-corrected chi connectivity index (χ2v) is 6.68. The third kappa shape index (κ3) is 2.76. The number of benzene rings is 2. The molecule has 6 heteroatoms. The van der Waals surface area contributed by atoms with Gasteiger partial charge in [-0.25, -0.2) is 9.37 Å². The summed E-state index contributed by atoms with van der Waals surface area (Å²) >= 11 is 0. The number of hydrogen-bond donors (Lipinski definition) is 2. The molecule has 2 aromatic carbocycles. The topological polar surface area (TPSA) is 75.0 Å². The summed E-state index contributed by atoms with van der Waals surface area (Å²) in [7, 11) is 0. The van der Waals surface area contributed by atoms with Gasteiger partial charge in [0.1, 0.15) is 17.2 Å². The third-order valence-corrected chi connectivity index (χ3v) is 5.18. The minimum Gasteiger partial charge on any atom is -0.366 e. The predicted molar refractivity (Wildman–Crippen MR) is 99.2 cm³/mol. The zero-order valence-corrected chi connectivity index (χ0v) is 14.6. The number of para-hydroxylation sites is 1. The van der Waals surface area contributed by atoms with E-state index in [0.717, 1.165) is 31.5 Å². The molecule has 1 atom stereocenters. The van der Waals surface area contributed by atoms with Gasteiger partial charge in [0.15, 0.2) is 0 Å². The lowest BCUT2D eigenvalue weighted by molar-refractivity contribution is 0.100. The molecule has 0 radical (unpaired) electrons. The van der Waals surface area contributed by atoms with Gasteiger partial charge in [-0.1, -0.05) is 19.1 Å². The zero-order chi connectivity index (χ0) is 18.3. The number of carbonyl (C=O) groups is 1. The van der Waals surface area contributed by atoms with E-state index in [1.807, 2.05) is 6.07 Å². The quantitative estimate of drug-likeness (QED) is 0.753. The highest BCUT2D eigenvalue weighted by Gasteiger charge is 2.25. The number of hydrogen-bond acceptors (Lipinski definition) is 3. The molecule has 3 aromatic rings. The predicted octanol–water partition coefficient (Wildman–Crippen LogP) is 3.62. The van der Waals surface area contributed by atoms with Crippen molar-refractivity contribution in [3.63, 3.8) is 0 Å². The molecule has 1 amide bonds. The first-order valence-corrected chi connectivity index (χ1v) is 8.91. The van der Waals surface area contributed by atoms with E-state index in [1.165, 1.54) is 0 Å². The molecule has 1 unspecified atom stereocenters. The number of imidazole rings is 1. The molecule has 1 fully saturated rings. The van der Waals surface area contributed by atoms with Crippen molar-refractivity contribution in [1.29, 1.82) is 0 Å². The lowest BCUT2D eigenvalue weighted by Crippen LogP contribution is -2.22. The van der Waals surface area contributed by atoms with Crippen LogP contribution in [-0.4, -0.2) is 33.9 Å². The maximum absolute atomic E-state index is 14.8. The van der Waals surface area contributed by atoms with Crippen LogP contribution >= 0.6 is 0 Å². The summed E-state index contributed by atoms with van der Waals surface area (Å²) in [5.41, 5.74) is 8.24. The third-order valence-electron chi connectivity index (χ3n) is 5.18. The molecule has 5 nitrogen and oxygen atoms in total. The molecule has 134 valence electrons. The van der Waals surface area contributed by atoms with E-state index < -0.39 is 5.91 Å². The van der Waals surface area contributed by atoms with Crippen LogP contribution in [0.15, 0.2) is 36.4 Å². The van der Waals surface area contributed by atoms with Crippen LogP contribution in [0.1, 0.15) is 41.7 Å². The largest absolute Gasteiger partial charge is 0.366 e. The molecule has 0 saturated carbocycles. The summed E-state index contributed by atoms with van der Waals surface area (Å²) in [6.07, 6.45) is 2.20. The smallest absolute Gasteiger partial charge is 0.250 e. The minimum absolute atomic E-state index is 0.278. The molecule has 0 spiro atoms. The summed E-state index contributed by atoms with van der Waals surface area (Å²) in [6.45, 7) is 4.16. The number of likely N-dealkylation sites (tertiary alicyclic amines) is 1. The van der Waals surface area contributed by atoms with Crippen LogP contribution in [0.25, 0.3) is 22.4 Å². The highest BCUT2D eigenvalue weighted by Crippen LogP contribution is 2.34. The van der Waals surface area contributed by atoms with Crippen LogP contribution in [0.5, 0.6) is 0 Å². The lowest BCUT2D eigenvalue weighted by atomic mass is 10.0. The zero-order valence-electron chi connectivity index (χ0n) is 14.6. The minimum atomic E-state index is -0.551. The van der Waals surface area contributed by atoms with Gasteiger partial charge in [0.05, 0.1) is 16.6 Å². The van der Waals surface area contributed by atoms with Gasteiger partial charge in [0.2, 0.25) is 0 Å². The van der Waals surface area contributed by atoms with Crippen LogP contribution in [0.4, 0.5) is 4.39 Å². The maximum Gasteiger partial charge on any atom is 0.250 e. The fourth-order valence-corrected chi connectivity index (χ4v) is 3.87. The maximum atomic E-state index is 14.8. The summed E-state index contributed by atoms with van der Waals surface area (Å²) in [6, 6.07) is 10.8. The molecule has 1 saturated heterocycles. The average Bonchev–Trinajstić information content (AvgIpc) is 3.27. The van der Waals surface area contributed by atoms with Crippen LogP contribution < -0.4 is 5.73 Å². The number of fused-ring (bicyclic) bond motifs is 1. The molecule has 1 aliphatic heterocycles. The number of halogens is 1. The number of rotatable bonds is 4. The SMILES string of the molecule is CCN1CCCC1c1ccc(-c2nc3c(C(N)=O)cccc3[nH]2)c(F)c1. The number of amides is 1. The van der Waals surface area contributed by atoms with Crippen LogP contribution in [-0.2, 0) is 0 Å². The second kappa shape index (κ2) is 6.53. The first-order valence-electron chi connectivity index (χ1n) is 8.91. The number of nitrogens with one attached hydrogen (secondary N) is 1.